The molecule has 0 unspecified atom stereocenters. The highest BCUT2D eigenvalue weighted by Gasteiger charge is 2.47. The fourth-order valence-corrected chi connectivity index (χ4v) is 6.76. The molecule has 2 aliphatic rings. The zero-order chi connectivity index (χ0) is 31.4. The van der Waals surface area contributed by atoms with E-state index in [1.165, 1.54) is 5.56 Å². The van der Waals surface area contributed by atoms with Gasteiger partial charge in [0.1, 0.15) is 18.1 Å². The van der Waals surface area contributed by atoms with Crippen molar-refractivity contribution in [3.8, 4) is 5.75 Å². The number of rotatable bonds is 13. The lowest BCUT2D eigenvalue weighted by Crippen LogP contribution is -2.44. The van der Waals surface area contributed by atoms with E-state index < -0.39 is 11.9 Å². The number of nitrogens with zero attached hydrogens (tertiary/aromatic N) is 4. The van der Waals surface area contributed by atoms with Crippen LogP contribution in [0, 0.1) is 12.8 Å². The average molecular weight is 604 g/mol. The molecule has 3 atom stereocenters. The van der Waals surface area contributed by atoms with Gasteiger partial charge >= 0.3 is 5.97 Å². The minimum Gasteiger partial charge on any atom is -0.493 e. The smallest absolute Gasteiger partial charge is 0.308 e. The zero-order valence-corrected chi connectivity index (χ0v) is 26.8. The Balaban J connectivity index is 1.43. The summed E-state index contributed by atoms with van der Waals surface area (Å²) in [5.41, 5.74) is 4.18. The van der Waals surface area contributed by atoms with E-state index in [0.29, 0.717) is 38.4 Å². The molecule has 3 aromatic rings. The summed E-state index contributed by atoms with van der Waals surface area (Å²) in [5, 5.41) is 10.6. The lowest BCUT2D eigenvalue weighted by Gasteiger charge is -2.30. The quantitative estimate of drug-likeness (QED) is 0.273. The Morgan fingerprint density at radius 1 is 1.16 bits per heavy atom. The van der Waals surface area contributed by atoms with Crippen LogP contribution in [0.3, 0.4) is 0 Å². The molecule has 5 rings (SSSR count). The number of carbonyl (C=O) groups excluding carboxylic acids is 1. The summed E-state index contributed by atoms with van der Waals surface area (Å²) in [7, 11) is 6.47. The molecular weight excluding hydrogens is 556 g/mol. The van der Waals surface area contributed by atoms with Crippen LogP contribution < -0.4 is 9.64 Å². The van der Waals surface area contributed by atoms with Gasteiger partial charge in [0.05, 0.1) is 46.4 Å². The normalized spacial score (nSPS) is 20.0. The van der Waals surface area contributed by atoms with E-state index in [-0.39, 0.29) is 24.4 Å². The molecule has 44 heavy (non-hydrogen) atoms. The monoisotopic (exact) mass is 603 g/mol. The number of hydrogen-bond donors (Lipinski definition) is 1. The number of fused-ring (bicyclic) bond motifs is 1. The van der Waals surface area contributed by atoms with Crippen molar-refractivity contribution in [1.29, 1.82) is 0 Å². The number of likely N-dealkylation sites (tertiary alicyclic amines) is 1. The van der Waals surface area contributed by atoms with E-state index in [9.17, 15) is 14.7 Å². The lowest BCUT2D eigenvalue weighted by atomic mass is 9.83. The van der Waals surface area contributed by atoms with Crippen molar-refractivity contribution in [2.24, 2.45) is 5.92 Å². The molecule has 0 saturated carbocycles. The van der Waals surface area contributed by atoms with E-state index >= 15 is 0 Å². The van der Waals surface area contributed by atoms with Crippen LogP contribution in [-0.4, -0.2) is 84.8 Å². The van der Waals surface area contributed by atoms with Gasteiger partial charge in [-0.2, -0.15) is 0 Å². The molecule has 1 saturated heterocycles. The van der Waals surface area contributed by atoms with Gasteiger partial charge in [-0.25, -0.2) is 4.98 Å². The molecule has 2 aromatic carbocycles. The Labute approximate surface area is 261 Å². The van der Waals surface area contributed by atoms with Crippen LogP contribution in [-0.2, 0) is 29.0 Å². The van der Waals surface area contributed by atoms with Gasteiger partial charge in [0, 0.05) is 49.1 Å². The van der Waals surface area contributed by atoms with Crippen LogP contribution >= 0.6 is 0 Å². The molecule has 2 aliphatic heterocycles. The molecule has 0 aliphatic carbocycles. The first-order chi connectivity index (χ1) is 21.0. The number of carboxylic acids is 1. The fourth-order valence-electron chi connectivity index (χ4n) is 6.76. The molecule has 1 aromatic heterocycles. The largest absolute Gasteiger partial charge is 0.493 e. The number of benzene rings is 2. The van der Waals surface area contributed by atoms with Crippen molar-refractivity contribution in [1.82, 2.24) is 9.88 Å². The van der Waals surface area contributed by atoms with Crippen molar-refractivity contribution in [3.63, 3.8) is 0 Å². The van der Waals surface area contributed by atoms with Crippen molar-refractivity contribution in [2.75, 3.05) is 52.3 Å². The summed E-state index contributed by atoms with van der Waals surface area (Å²) >= 11 is 0. The van der Waals surface area contributed by atoms with E-state index in [4.69, 9.17) is 9.15 Å². The standard InChI is InChI=1S/C35H46N4O5/c1-6-7-16-38(28-10-8-9-25(18-28)23-39(3,4)5)33(40)22-37-21-29(26-11-13-31-27(19-26)15-17-43-31)34(35(41)42)30(37)12-14-32-36-20-24(2)44-32/h8-11,13,18-20,29-30,34H,6-7,12,14-17,21-23H2,1-5H3/p+1/t29-,30+,34-/m1/s1. The molecule has 1 fully saturated rings. The maximum Gasteiger partial charge on any atom is 0.308 e. The Morgan fingerprint density at radius 3 is 2.68 bits per heavy atom. The third-order valence-electron chi connectivity index (χ3n) is 8.75. The van der Waals surface area contributed by atoms with Crippen molar-refractivity contribution in [3.05, 3.63) is 77.0 Å². The lowest BCUT2D eigenvalue weighted by molar-refractivity contribution is -0.884. The van der Waals surface area contributed by atoms with Gasteiger partial charge in [0.25, 0.3) is 0 Å². The first kappa shape index (κ1) is 31.7. The number of unbranched alkanes of at least 4 members (excludes halogenated alkanes) is 1. The number of carbonyl (C=O) groups is 2. The molecule has 0 spiro atoms. The Morgan fingerprint density at radius 2 is 1.98 bits per heavy atom. The molecule has 1 amide bonds. The van der Waals surface area contributed by atoms with Crippen molar-refractivity contribution in [2.45, 2.75) is 64.5 Å². The van der Waals surface area contributed by atoms with Gasteiger partial charge < -0.3 is 23.6 Å². The van der Waals surface area contributed by atoms with Gasteiger partial charge in [-0.05, 0) is 49.1 Å². The van der Waals surface area contributed by atoms with Gasteiger partial charge in [0.2, 0.25) is 5.91 Å². The number of aliphatic carboxylic acids is 1. The highest BCUT2D eigenvalue weighted by atomic mass is 16.5. The first-order valence-electron chi connectivity index (χ1n) is 15.9. The third-order valence-corrected chi connectivity index (χ3v) is 8.75. The maximum atomic E-state index is 14.2. The van der Waals surface area contributed by atoms with Gasteiger partial charge in [0.15, 0.2) is 5.89 Å². The molecule has 236 valence electrons. The number of carboxylic acid groups (broad SMARTS) is 1. The van der Waals surface area contributed by atoms with Crippen LogP contribution in [0.4, 0.5) is 5.69 Å². The van der Waals surface area contributed by atoms with E-state index in [2.05, 4.69) is 56.1 Å². The second-order valence-corrected chi connectivity index (χ2v) is 13.4. The molecule has 0 bridgehead atoms. The number of oxazole rings is 1. The summed E-state index contributed by atoms with van der Waals surface area (Å²) in [4.78, 5) is 35.5. The Hall–Kier alpha value is -3.69. The average Bonchev–Trinajstić information content (AvgIpc) is 3.69. The SMILES string of the molecule is CCCCN(C(=O)CN1C[C@H](c2ccc3c(c2)CCO3)[C@@H](C(=O)O)[C@@H]1CCc1ncc(C)o1)c1cccc(C[N+](C)(C)C)c1. The maximum absolute atomic E-state index is 14.2. The third kappa shape index (κ3) is 7.50. The summed E-state index contributed by atoms with van der Waals surface area (Å²) < 4.78 is 12.2. The molecule has 1 N–H and O–H groups in total. The van der Waals surface area contributed by atoms with E-state index in [1.807, 2.05) is 36.1 Å². The molecular formula is C35H47N4O5+. The Bertz CT molecular complexity index is 1460. The molecule has 0 radical (unpaired) electrons. The summed E-state index contributed by atoms with van der Waals surface area (Å²) in [6, 6.07) is 14.0. The van der Waals surface area contributed by atoms with E-state index in [0.717, 1.165) is 58.6 Å². The highest BCUT2D eigenvalue weighted by molar-refractivity contribution is 5.95. The number of amides is 1. The van der Waals surface area contributed by atoms with E-state index in [1.54, 1.807) is 6.20 Å². The number of aromatic nitrogens is 1. The summed E-state index contributed by atoms with van der Waals surface area (Å²) in [6.07, 6.45) is 5.40. The summed E-state index contributed by atoms with van der Waals surface area (Å²) in [6.45, 7) is 6.73. The number of ether oxygens (including phenoxy) is 1. The topological polar surface area (TPSA) is 96.1 Å². The second kappa shape index (κ2) is 13.5. The number of quaternary nitrogens is 1. The van der Waals surface area contributed by atoms with Crippen molar-refractivity contribution < 1.29 is 28.3 Å². The first-order valence-corrected chi connectivity index (χ1v) is 15.9. The van der Waals surface area contributed by atoms with Crippen LogP contribution in [0.1, 0.15) is 60.4 Å². The minimum atomic E-state index is -0.842. The predicted octanol–water partition coefficient (Wildman–Crippen LogP) is 5.06. The minimum absolute atomic E-state index is 0.00930. The zero-order valence-electron chi connectivity index (χ0n) is 26.8. The van der Waals surface area contributed by atoms with Crippen LogP contribution in [0.25, 0.3) is 0 Å². The molecule has 9 heteroatoms. The van der Waals surface area contributed by atoms with Crippen molar-refractivity contribution >= 4 is 17.6 Å². The second-order valence-electron chi connectivity index (χ2n) is 13.4. The molecule has 9 nitrogen and oxygen atoms in total. The summed E-state index contributed by atoms with van der Waals surface area (Å²) in [5.74, 6) is 0.424. The predicted molar refractivity (Wildman–Crippen MR) is 170 cm³/mol. The number of anilines is 1. The Kier molecular flexibility index (Phi) is 9.75. The fraction of sp³-hybridized carbons (Fsp3) is 0.514. The molecule has 3 heterocycles. The van der Waals surface area contributed by atoms with Crippen LogP contribution in [0.2, 0.25) is 0 Å². The van der Waals surface area contributed by atoms with Gasteiger partial charge in [-0.15, -0.1) is 0 Å². The highest BCUT2D eigenvalue weighted by Crippen LogP contribution is 2.41. The van der Waals surface area contributed by atoms with Gasteiger partial charge in [-0.1, -0.05) is 37.6 Å². The van der Waals surface area contributed by atoms with Crippen LogP contribution in [0.15, 0.2) is 53.1 Å². The van der Waals surface area contributed by atoms with Gasteiger partial charge in [-0.3, -0.25) is 14.5 Å². The van der Waals surface area contributed by atoms with Crippen LogP contribution in [0.5, 0.6) is 5.75 Å². The number of hydrogen-bond acceptors (Lipinski definition) is 6. The number of aryl methyl sites for hydroxylation is 2.